The summed E-state index contributed by atoms with van der Waals surface area (Å²) in [6.45, 7) is 0. The molecule has 2 heterocycles. The fourth-order valence-corrected chi connectivity index (χ4v) is 3.80. The molecule has 0 saturated heterocycles. The van der Waals surface area contributed by atoms with Gasteiger partial charge in [0.25, 0.3) is 0 Å². The van der Waals surface area contributed by atoms with Crippen molar-refractivity contribution in [3.8, 4) is 10.6 Å². The monoisotopic (exact) mass is 379 g/mol. The number of anilines is 2. The van der Waals surface area contributed by atoms with Crippen LogP contribution >= 0.6 is 38.6 Å². The lowest BCUT2D eigenvalue weighted by Gasteiger charge is -2.04. The summed E-state index contributed by atoms with van der Waals surface area (Å²) in [4.78, 5) is 17.3. The van der Waals surface area contributed by atoms with Crippen LogP contribution in [0.15, 0.2) is 51.6 Å². The predicted octanol–water partition coefficient (Wildman–Crippen LogP) is 5.28. The first-order valence-corrected chi connectivity index (χ1v) is 8.54. The van der Waals surface area contributed by atoms with Crippen molar-refractivity contribution in [2.45, 2.75) is 0 Å². The normalized spacial score (nSPS) is 10.3. The molecule has 0 saturated carbocycles. The summed E-state index contributed by atoms with van der Waals surface area (Å²) in [5.74, 6) is 0. The van der Waals surface area contributed by atoms with Crippen LogP contribution in [0.4, 0.5) is 15.6 Å². The second-order valence-corrected chi connectivity index (χ2v) is 7.41. The Labute approximate surface area is 138 Å². The molecular formula is C14H10BrN3OS2. The predicted molar refractivity (Wildman–Crippen MR) is 92.2 cm³/mol. The fourth-order valence-electron chi connectivity index (χ4n) is 1.68. The molecule has 2 amide bonds. The molecule has 0 aliphatic heterocycles. The average Bonchev–Trinajstić information content (AvgIpc) is 3.09. The van der Waals surface area contributed by atoms with Crippen molar-refractivity contribution < 1.29 is 4.79 Å². The molecule has 1 aromatic carbocycles. The average molecular weight is 380 g/mol. The standard InChI is InChI=1S/C14H10BrN3OS2/c15-12-7-6-11(21-12)10-8-20-14(17-10)18-13(19)16-9-4-2-1-3-5-9/h1-8H,(H2,16,17,18,19). The van der Waals surface area contributed by atoms with Gasteiger partial charge < -0.3 is 5.32 Å². The number of carbonyl (C=O) groups excluding carboxylic acids is 1. The Balaban J connectivity index is 1.66. The molecule has 0 aliphatic carbocycles. The molecule has 7 heteroatoms. The van der Waals surface area contributed by atoms with E-state index in [0.29, 0.717) is 5.13 Å². The number of thiophene rings is 1. The van der Waals surface area contributed by atoms with Gasteiger partial charge in [0.05, 0.1) is 14.4 Å². The minimum absolute atomic E-state index is 0.297. The summed E-state index contributed by atoms with van der Waals surface area (Å²) in [7, 11) is 0. The Morgan fingerprint density at radius 1 is 1.10 bits per heavy atom. The third-order valence-corrected chi connectivity index (χ3v) is 4.99. The molecule has 2 N–H and O–H groups in total. The quantitative estimate of drug-likeness (QED) is 0.650. The van der Waals surface area contributed by atoms with E-state index in [1.807, 2.05) is 47.8 Å². The summed E-state index contributed by atoms with van der Waals surface area (Å²) in [6.07, 6.45) is 0. The Kier molecular flexibility index (Phi) is 4.33. The van der Waals surface area contributed by atoms with Gasteiger partial charge in [0.2, 0.25) is 0 Å². The van der Waals surface area contributed by atoms with Gasteiger partial charge in [0.1, 0.15) is 0 Å². The fraction of sp³-hybridized carbons (Fsp3) is 0. The number of hydrogen-bond donors (Lipinski definition) is 2. The van der Waals surface area contributed by atoms with Gasteiger partial charge in [0, 0.05) is 11.1 Å². The highest BCUT2D eigenvalue weighted by molar-refractivity contribution is 9.11. The number of rotatable bonds is 3. The number of amides is 2. The number of carbonyl (C=O) groups is 1. The zero-order valence-corrected chi connectivity index (χ0v) is 13.9. The maximum absolute atomic E-state index is 11.9. The summed E-state index contributed by atoms with van der Waals surface area (Å²) in [5, 5.41) is 7.99. The molecule has 21 heavy (non-hydrogen) atoms. The van der Waals surface area contributed by atoms with E-state index in [1.54, 1.807) is 11.3 Å². The minimum atomic E-state index is -0.297. The molecule has 106 valence electrons. The summed E-state index contributed by atoms with van der Waals surface area (Å²) < 4.78 is 1.06. The molecule has 0 radical (unpaired) electrons. The van der Waals surface area contributed by atoms with Crippen molar-refractivity contribution in [2.75, 3.05) is 10.6 Å². The van der Waals surface area contributed by atoms with Crippen LogP contribution in [0.2, 0.25) is 0 Å². The largest absolute Gasteiger partial charge is 0.325 e. The Hall–Kier alpha value is -1.70. The van der Waals surface area contributed by atoms with Crippen LogP contribution in [-0.2, 0) is 0 Å². The molecule has 0 bridgehead atoms. The van der Waals surface area contributed by atoms with E-state index >= 15 is 0 Å². The topological polar surface area (TPSA) is 54.0 Å². The second-order valence-electron chi connectivity index (χ2n) is 4.09. The van der Waals surface area contributed by atoms with E-state index in [1.165, 1.54) is 11.3 Å². The third kappa shape index (κ3) is 3.69. The van der Waals surface area contributed by atoms with E-state index < -0.39 is 0 Å². The van der Waals surface area contributed by atoms with Gasteiger partial charge in [-0.3, -0.25) is 5.32 Å². The maximum atomic E-state index is 11.9. The van der Waals surface area contributed by atoms with Gasteiger partial charge >= 0.3 is 6.03 Å². The highest BCUT2D eigenvalue weighted by atomic mass is 79.9. The Morgan fingerprint density at radius 2 is 1.90 bits per heavy atom. The first-order valence-electron chi connectivity index (χ1n) is 6.05. The molecule has 0 spiro atoms. The number of benzene rings is 1. The number of thiazole rings is 1. The number of para-hydroxylation sites is 1. The Morgan fingerprint density at radius 3 is 2.62 bits per heavy atom. The van der Waals surface area contributed by atoms with Gasteiger partial charge in [-0.15, -0.1) is 22.7 Å². The number of hydrogen-bond acceptors (Lipinski definition) is 4. The molecular weight excluding hydrogens is 370 g/mol. The van der Waals surface area contributed by atoms with Gasteiger partial charge in [-0.2, -0.15) is 0 Å². The van der Waals surface area contributed by atoms with Crippen molar-refractivity contribution >= 4 is 55.5 Å². The molecule has 2 aromatic heterocycles. The van der Waals surface area contributed by atoms with Crippen LogP contribution < -0.4 is 10.6 Å². The molecule has 4 nitrogen and oxygen atoms in total. The Bertz CT molecular complexity index is 754. The number of halogens is 1. The molecule has 3 rings (SSSR count). The van der Waals surface area contributed by atoms with Crippen LogP contribution in [0.5, 0.6) is 0 Å². The van der Waals surface area contributed by atoms with E-state index in [-0.39, 0.29) is 6.03 Å². The van der Waals surface area contributed by atoms with Gasteiger partial charge in [-0.25, -0.2) is 9.78 Å². The first kappa shape index (κ1) is 14.2. The second kappa shape index (κ2) is 6.38. The molecule has 0 atom stereocenters. The summed E-state index contributed by atoms with van der Waals surface area (Å²) >= 11 is 6.44. The van der Waals surface area contributed by atoms with Crippen molar-refractivity contribution in [3.63, 3.8) is 0 Å². The number of aromatic nitrogens is 1. The van der Waals surface area contributed by atoms with Crippen LogP contribution in [-0.4, -0.2) is 11.0 Å². The lowest BCUT2D eigenvalue weighted by Crippen LogP contribution is -2.19. The smallest absolute Gasteiger partial charge is 0.308 e. The summed E-state index contributed by atoms with van der Waals surface area (Å²) in [6, 6.07) is 13.0. The third-order valence-electron chi connectivity index (χ3n) is 2.58. The van der Waals surface area contributed by atoms with E-state index in [4.69, 9.17) is 0 Å². The SMILES string of the molecule is O=C(Nc1ccccc1)Nc1nc(-c2ccc(Br)s2)cs1. The zero-order chi connectivity index (χ0) is 14.7. The number of urea groups is 1. The highest BCUT2D eigenvalue weighted by Gasteiger charge is 2.09. The molecule has 0 aliphatic rings. The lowest BCUT2D eigenvalue weighted by atomic mass is 10.3. The minimum Gasteiger partial charge on any atom is -0.308 e. The number of nitrogens with zero attached hydrogens (tertiary/aromatic N) is 1. The molecule has 0 unspecified atom stereocenters. The number of nitrogens with one attached hydrogen (secondary N) is 2. The maximum Gasteiger partial charge on any atom is 0.325 e. The zero-order valence-electron chi connectivity index (χ0n) is 10.7. The van der Waals surface area contributed by atoms with Gasteiger partial charge in [-0.1, -0.05) is 18.2 Å². The van der Waals surface area contributed by atoms with E-state index in [0.717, 1.165) is 20.0 Å². The van der Waals surface area contributed by atoms with E-state index in [9.17, 15) is 4.79 Å². The van der Waals surface area contributed by atoms with Crippen LogP contribution in [0.25, 0.3) is 10.6 Å². The highest BCUT2D eigenvalue weighted by Crippen LogP contribution is 2.33. The van der Waals surface area contributed by atoms with Gasteiger partial charge in [0.15, 0.2) is 5.13 Å². The van der Waals surface area contributed by atoms with Crippen LogP contribution in [0, 0.1) is 0 Å². The van der Waals surface area contributed by atoms with Gasteiger partial charge in [-0.05, 0) is 40.2 Å². The molecule has 0 fully saturated rings. The van der Waals surface area contributed by atoms with Crippen LogP contribution in [0.3, 0.4) is 0 Å². The van der Waals surface area contributed by atoms with Crippen molar-refractivity contribution in [1.82, 2.24) is 4.98 Å². The first-order chi connectivity index (χ1) is 10.2. The van der Waals surface area contributed by atoms with Crippen molar-refractivity contribution in [3.05, 3.63) is 51.6 Å². The lowest BCUT2D eigenvalue weighted by molar-refractivity contribution is 0.262. The van der Waals surface area contributed by atoms with Crippen molar-refractivity contribution in [1.29, 1.82) is 0 Å². The van der Waals surface area contributed by atoms with E-state index in [2.05, 4.69) is 31.5 Å². The summed E-state index contributed by atoms with van der Waals surface area (Å²) in [5.41, 5.74) is 1.61. The van der Waals surface area contributed by atoms with Crippen molar-refractivity contribution in [2.24, 2.45) is 0 Å². The molecule has 3 aromatic rings. The van der Waals surface area contributed by atoms with Crippen LogP contribution in [0.1, 0.15) is 0 Å².